The number of rotatable bonds is 9. The van der Waals surface area contributed by atoms with Crippen LogP contribution in [-0.4, -0.2) is 51.4 Å². The maximum atomic E-state index is 12.0. The van der Waals surface area contributed by atoms with Gasteiger partial charge in [0.15, 0.2) is 0 Å². The molecule has 1 rings (SSSR count). The van der Waals surface area contributed by atoms with Crippen LogP contribution in [0.3, 0.4) is 0 Å². The van der Waals surface area contributed by atoms with Crippen LogP contribution < -0.4 is 20.1 Å². The van der Waals surface area contributed by atoms with E-state index in [0.29, 0.717) is 17.9 Å². The molecule has 1 aromatic rings. The first kappa shape index (κ1) is 20.0. The van der Waals surface area contributed by atoms with E-state index in [1.807, 2.05) is 12.3 Å². The van der Waals surface area contributed by atoms with E-state index >= 15 is 0 Å². The number of hydrogen-bond acceptors (Lipinski definition) is 6. The van der Waals surface area contributed by atoms with Crippen LogP contribution in [0.1, 0.15) is 12.0 Å². The molecule has 24 heavy (non-hydrogen) atoms. The summed E-state index contributed by atoms with van der Waals surface area (Å²) in [6.07, 6.45) is 2.44. The second-order valence-corrected chi connectivity index (χ2v) is 5.85. The van der Waals surface area contributed by atoms with Gasteiger partial charge in [-0.25, -0.2) is 9.59 Å². The van der Waals surface area contributed by atoms with Crippen LogP contribution in [0.25, 0.3) is 0 Å². The molecule has 0 bridgehead atoms. The first-order chi connectivity index (χ1) is 11.5. The summed E-state index contributed by atoms with van der Waals surface area (Å²) in [7, 11) is 4.42. The van der Waals surface area contributed by atoms with Crippen LogP contribution in [0.15, 0.2) is 18.2 Å². The molecule has 1 aromatic carbocycles. The smallest absolute Gasteiger partial charge is 0.328 e. The summed E-state index contributed by atoms with van der Waals surface area (Å²) in [6.45, 7) is 0.259. The highest BCUT2D eigenvalue weighted by atomic mass is 32.2. The lowest BCUT2D eigenvalue weighted by Gasteiger charge is -2.17. The first-order valence-corrected chi connectivity index (χ1v) is 8.77. The highest BCUT2D eigenvalue weighted by Gasteiger charge is 2.21. The fraction of sp³-hybridized carbons (Fsp3) is 0.500. The van der Waals surface area contributed by atoms with Crippen molar-refractivity contribution in [3.63, 3.8) is 0 Å². The van der Waals surface area contributed by atoms with Crippen LogP contribution >= 0.6 is 11.8 Å². The number of thioether (sulfide) groups is 1. The van der Waals surface area contributed by atoms with Gasteiger partial charge in [0.05, 0.1) is 21.3 Å². The Morgan fingerprint density at radius 2 is 1.96 bits per heavy atom. The molecule has 0 spiro atoms. The van der Waals surface area contributed by atoms with Crippen LogP contribution in [0.5, 0.6) is 11.5 Å². The minimum Gasteiger partial charge on any atom is -0.497 e. The first-order valence-electron chi connectivity index (χ1n) is 7.37. The number of methoxy groups -OCH3 is 3. The topological polar surface area (TPSA) is 85.9 Å². The summed E-state index contributed by atoms with van der Waals surface area (Å²) in [5.74, 6) is 1.57. The molecule has 2 amide bonds. The number of hydrogen-bond donors (Lipinski definition) is 2. The number of esters is 1. The molecule has 0 saturated carbocycles. The second-order valence-electron chi connectivity index (χ2n) is 4.86. The summed E-state index contributed by atoms with van der Waals surface area (Å²) in [6, 6.07) is 4.23. The van der Waals surface area contributed by atoms with Gasteiger partial charge >= 0.3 is 12.0 Å². The van der Waals surface area contributed by atoms with E-state index in [9.17, 15) is 9.59 Å². The van der Waals surface area contributed by atoms with Gasteiger partial charge in [0.1, 0.15) is 17.5 Å². The SMILES string of the molecule is COC(=O)[C@H](CCSC)NC(=O)NCc1ccc(OC)cc1OC. The molecule has 0 aliphatic carbocycles. The molecule has 7 nitrogen and oxygen atoms in total. The highest BCUT2D eigenvalue weighted by molar-refractivity contribution is 7.98. The summed E-state index contributed by atoms with van der Waals surface area (Å²) in [5, 5.41) is 5.34. The van der Waals surface area contributed by atoms with Crippen molar-refractivity contribution in [2.75, 3.05) is 33.3 Å². The van der Waals surface area contributed by atoms with Crippen molar-refractivity contribution in [1.82, 2.24) is 10.6 Å². The third kappa shape index (κ3) is 6.19. The lowest BCUT2D eigenvalue weighted by atomic mass is 10.2. The number of urea groups is 1. The molecule has 0 radical (unpaired) electrons. The zero-order chi connectivity index (χ0) is 17.9. The number of carbonyl (C=O) groups excluding carboxylic acids is 2. The van der Waals surface area contributed by atoms with E-state index < -0.39 is 18.0 Å². The number of ether oxygens (including phenoxy) is 3. The molecule has 0 aromatic heterocycles. The van der Waals surface area contributed by atoms with Gasteiger partial charge in [-0.2, -0.15) is 11.8 Å². The molecule has 2 N–H and O–H groups in total. The number of benzene rings is 1. The number of amides is 2. The van der Waals surface area contributed by atoms with Crippen LogP contribution in [0.4, 0.5) is 4.79 Å². The van der Waals surface area contributed by atoms with E-state index in [2.05, 4.69) is 10.6 Å². The van der Waals surface area contributed by atoms with Gasteiger partial charge in [0.2, 0.25) is 0 Å². The molecule has 0 fully saturated rings. The molecule has 1 atom stereocenters. The van der Waals surface area contributed by atoms with Crippen molar-refractivity contribution in [3.8, 4) is 11.5 Å². The molecular formula is C16H24N2O5S. The predicted molar refractivity (Wildman–Crippen MR) is 93.7 cm³/mol. The summed E-state index contributed by atoms with van der Waals surface area (Å²) in [4.78, 5) is 23.7. The Hall–Kier alpha value is -2.09. The number of carbonyl (C=O) groups is 2. The highest BCUT2D eigenvalue weighted by Crippen LogP contribution is 2.24. The Morgan fingerprint density at radius 1 is 1.21 bits per heavy atom. The van der Waals surface area contributed by atoms with E-state index in [1.54, 1.807) is 38.1 Å². The quantitative estimate of drug-likeness (QED) is 0.656. The van der Waals surface area contributed by atoms with Gasteiger partial charge < -0.3 is 24.8 Å². The third-order valence-electron chi connectivity index (χ3n) is 3.34. The molecule has 0 aliphatic heterocycles. The maximum absolute atomic E-state index is 12.0. The fourth-order valence-corrected chi connectivity index (χ4v) is 2.48. The standard InChI is InChI=1S/C16H24N2O5S/c1-21-12-6-5-11(14(9-12)22-2)10-17-16(20)18-13(7-8-24-4)15(19)23-3/h5-6,9,13H,7-8,10H2,1-4H3,(H2,17,18,20)/t13-/m0/s1. The van der Waals surface area contributed by atoms with Crippen molar-refractivity contribution in [2.24, 2.45) is 0 Å². The molecule has 0 heterocycles. The summed E-state index contributed by atoms with van der Waals surface area (Å²) < 4.78 is 15.1. The van der Waals surface area contributed by atoms with Crippen molar-refractivity contribution < 1.29 is 23.8 Å². The van der Waals surface area contributed by atoms with Gasteiger partial charge in [0.25, 0.3) is 0 Å². The van der Waals surface area contributed by atoms with Gasteiger partial charge in [-0.3, -0.25) is 0 Å². The normalized spacial score (nSPS) is 11.3. The molecule has 8 heteroatoms. The summed E-state index contributed by atoms with van der Waals surface area (Å²) in [5.41, 5.74) is 0.798. The minimum atomic E-state index is -0.666. The second kappa shape index (κ2) is 10.6. The van der Waals surface area contributed by atoms with E-state index in [-0.39, 0.29) is 6.54 Å². The van der Waals surface area contributed by atoms with Gasteiger partial charge in [-0.15, -0.1) is 0 Å². The fourth-order valence-electron chi connectivity index (χ4n) is 2.01. The molecule has 0 saturated heterocycles. The van der Waals surface area contributed by atoms with Gasteiger partial charge in [0, 0.05) is 18.2 Å². The Bertz CT molecular complexity index is 553. The maximum Gasteiger partial charge on any atom is 0.328 e. The van der Waals surface area contributed by atoms with Gasteiger partial charge in [-0.05, 0) is 30.6 Å². The van der Waals surface area contributed by atoms with Crippen LogP contribution in [0.2, 0.25) is 0 Å². The lowest BCUT2D eigenvalue weighted by molar-refractivity contribution is -0.142. The molecule has 0 aliphatic rings. The monoisotopic (exact) mass is 356 g/mol. The zero-order valence-electron chi connectivity index (χ0n) is 14.4. The minimum absolute atomic E-state index is 0.259. The van der Waals surface area contributed by atoms with Gasteiger partial charge in [-0.1, -0.05) is 0 Å². The Morgan fingerprint density at radius 3 is 2.54 bits per heavy atom. The molecule has 0 unspecified atom stereocenters. The van der Waals surface area contributed by atoms with E-state index in [4.69, 9.17) is 14.2 Å². The zero-order valence-corrected chi connectivity index (χ0v) is 15.2. The van der Waals surface area contributed by atoms with Crippen molar-refractivity contribution in [2.45, 2.75) is 19.0 Å². The third-order valence-corrected chi connectivity index (χ3v) is 3.98. The average molecular weight is 356 g/mol. The Labute approximate surface area is 146 Å². The molecule has 134 valence electrons. The predicted octanol–water partition coefficient (Wildman–Crippen LogP) is 1.80. The van der Waals surface area contributed by atoms with E-state index in [1.165, 1.54) is 7.11 Å². The molecular weight excluding hydrogens is 332 g/mol. The number of nitrogens with one attached hydrogen (secondary N) is 2. The Kier molecular flexibility index (Phi) is 8.85. The van der Waals surface area contributed by atoms with Crippen LogP contribution in [-0.2, 0) is 16.1 Å². The van der Waals surface area contributed by atoms with E-state index in [0.717, 1.165) is 11.3 Å². The van der Waals surface area contributed by atoms with Crippen molar-refractivity contribution in [1.29, 1.82) is 0 Å². The van der Waals surface area contributed by atoms with Crippen molar-refractivity contribution in [3.05, 3.63) is 23.8 Å². The Balaban J connectivity index is 2.62. The van der Waals surface area contributed by atoms with Crippen LogP contribution in [0, 0.1) is 0 Å². The largest absolute Gasteiger partial charge is 0.497 e. The van der Waals surface area contributed by atoms with Crippen molar-refractivity contribution >= 4 is 23.8 Å². The average Bonchev–Trinajstić information content (AvgIpc) is 2.62. The summed E-state index contributed by atoms with van der Waals surface area (Å²) >= 11 is 1.60. The lowest BCUT2D eigenvalue weighted by Crippen LogP contribution is -2.46.